The molecule has 0 unspecified atom stereocenters. The Morgan fingerprint density at radius 3 is 2.58 bits per heavy atom. The van der Waals surface area contributed by atoms with Gasteiger partial charge in [-0.3, -0.25) is 0 Å². The second-order valence-electron chi connectivity index (χ2n) is 7.91. The van der Waals surface area contributed by atoms with E-state index < -0.39 is 0 Å². The van der Waals surface area contributed by atoms with Crippen LogP contribution in [0.25, 0.3) is 22.0 Å². The van der Waals surface area contributed by atoms with Gasteiger partial charge in [0.15, 0.2) is 5.69 Å². The summed E-state index contributed by atoms with van der Waals surface area (Å²) < 4.78 is 11.0. The summed E-state index contributed by atoms with van der Waals surface area (Å²) in [5.41, 5.74) is 7.64. The Morgan fingerprint density at radius 2 is 1.85 bits per heavy atom. The number of hydrogen-bond acceptors (Lipinski definition) is 0. The molecule has 1 fully saturated rings. The predicted octanol–water partition coefficient (Wildman–Crippen LogP) is 6.17. The first-order valence-electron chi connectivity index (χ1n) is 10.5. The zero-order valence-corrected chi connectivity index (χ0v) is 16.5. The van der Waals surface area contributed by atoms with E-state index in [-0.39, 0.29) is 0 Å². The molecule has 1 heterocycles. The monoisotopic (exact) mass is 345 g/mol. The van der Waals surface area contributed by atoms with Crippen LogP contribution in [0.4, 0.5) is 0 Å². The van der Waals surface area contributed by atoms with Gasteiger partial charge in [0.2, 0.25) is 5.69 Å². The molecule has 0 radical (unpaired) electrons. The predicted molar refractivity (Wildman–Crippen MR) is 111 cm³/mol. The number of nitrogens with zero attached hydrogens (tertiary/aromatic N) is 1. The van der Waals surface area contributed by atoms with Gasteiger partial charge in [-0.05, 0) is 66.3 Å². The minimum Gasteiger partial charge on any atom is -0.198 e. The fourth-order valence-electron chi connectivity index (χ4n) is 4.48. The second-order valence-corrected chi connectivity index (χ2v) is 7.91. The lowest BCUT2D eigenvalue weighted by atomic mass is 9.92. The fourth-order valence-corrected chi connectivity index (χ4v) is 4.48. The zero-order chi connectivity index (χ0) is 19.1. The van der Waals surface area contributed by atoms with Crippen molar-refractivity contribution in [3.05, 3.63) is 64.8 Å². The molecule has 0 aliphatic heterocycles. The van der Waals surface area contributed by atoms with E-state index in [0.717, 1.165) is 17.5 Å². The fraction of sp³-hybridized carbons (Fsp3) is 0.400. The molecule has 0 spiro atoms. The third-order valence-corrected chi connectivity index (χ3v) is 6.24. The molecule has 1 aliphatic rings. The van der Waals surface area contributed by atoms with Gasteiger partial charge in [0.1, 0.15) is 7.05 Å². The Balaban J connectivity index is 2.00. The molecule has 134 valence electrons. The van der Waals surface area contributed by atoms with Crippen LogP contribution in [0.1, 0.15) is 62.3 Å². The summed E-state index contributed by atoms with van der Waals surface area (Å²) in [7, 11) is 2.10. The molecule has 0 N–H and O–H groups in total. The Bertz CT molecular complexity index is 1010. The highest BCUT2D eigenvalue weighted by Gasteiger charge is 2.22. The van der Waals surface area contributed by atoms with E-state index in [0.29, 0.717) is 12.0 Å². The lowest BCUT2D eigenvalue weighted by Crippen LogP contribution is -2.35. The molecule has 3 aromatic rings. The number of aromatic nitrogens is 1. The van der Waals surface area contributed by atoms with Crippen LogP contribution >= 0.6 is 0 Å². The molecule has 26 heavy (non-hydrogen) atoms. The van der Waals surface area contributed by atoms with Crippen LogP contribution < -0.4 is 4.57 Å². The largest absolute Gasteiger partial charge is 0.220 e. The first kappa shape index (κ1) is 16.1. The SMILES string of the molecule is [2H]c1c(C)[n+](C)c(-c2cc(CC)ccc2C)c2ccc(C3CCCC3)cc12. The van der Waals surface area contributed by atoms with Crippen molar-refractivity contribution < 1.29 is 5.94 Å². The summed E-state index contributed by atoms with van der Waals surface area (Å²) in [5.74, 6) is 0.677. The van der Waals surface area contributed by atoms with Crippen molar-refractivity contribution >= 4 is 10.8 Å². The van der Waals surface area contributed by atoms with Gasteiger partial charge in [0.05, 0.1) is 6.76 Å². The highest BCUT2D eigenvalue weighted by molar-refractivity contribution is 5.94. The van der Waals surface area contributed by atoms with Crippen LogP contribution in [0.5, 0.6) is 0 Å². The van der Waals surface area contributed by atoms with Crippen LogP contribution in [0.2, 0.25) is 0 Å². The lowest BCUT2D eigenvalue weighted by molar-refractivity contribution is -0.665. The van der Waals surface area contributed by atoms with E-state index in [9.17, 15) is 0 Å². The van der Waals surface area contributed by atoms with Gasteiger partial charge in [-0.15, -0.1) is 0 Å². The molecule has 1 aromatic heterocycles. The van der Waals surface area contributed by atoms with Gasteiger partial charge in [0.25, 0.3) is 0 Å². The van der Waals surface area contributed by atoms with Gasteiger partial charge in [-0.25, -0.2) is 0 Å². The first-order valence-corrected chi connectivity index (χ1v) is 10.0. The molecule has 0 amide bonds. The molecule has 1 aliphatic carbocycles. The van der Waals surface area contributed by atoms with Crippen LogP contribution in [0.15, 0.2) is 42.4 Å². The Labute approximate surface area is 159 Å². The summed E-state index contributed by atoms with van der Waals surface area (Å²) in [5, 5.41) is 2.30. The van der Waals surface area contributed by atoms with E-state index in [2.05, 4.69) is 68.8 Å². The van der Waals surface area contributed by atoms with Gasteiger partial charge < -0.3 is 0 Å². The van der Waals surface area contributed by atoms with Crippen molar-refractivity contribution in [1.29, 1.82) is 0 Å². The van der Waals surface area contributed by atoms with Gasteiger partial charge in [0, 0.05) is 18.5 Å². The Kier molecular flexibility index (Phi) is 4.24. The highest BCUT2D eigenvalue weighted by Crippen LogP contribution is 2.37. The van der Waals surface area contributed by atoms with Crippen LogP contribution in [0.3, 0.4) is 0 Å². The normalized spacial score (nSPS) is 15.6. The zero-order valence-electron chi connectivity index (χ0n) is 17.5. The third-order valence-electron chi connectivity index (χ3n) is 6.24. The molecule has 1 saturated carbocycles. The van der Waals surface area contributed by atoms with Crippen molar-refractivity contribution in [3.63, 3.8) is 0 Å². The number of pyridine rings is 1. The van der Waals surface area contributed by atoms with Crippen LogP contribution in [0, 0.1) is 13.8 Å². The van der Waals surface area contributed by atoms with E-state index in [1.807, 2.05) is 0 Å². The number of fused-ring (bicyclic) bond motifs is 1. The summed E-state index contributed by atoms with van der Waals surface area (Å²) in [4.78, 5) is 0. The minimum atomic E-state index is 0.667. The van der Waals surface area contributed by atoms with Crippen molar-refractivity contribution in [1.82, 2.24) is 0 Å². The first-order chi connectivity index (χ1) is 13.0. The summed E-state index contributed by atoms with van der Waals surface area (Å²) in [6.45, 7) is 6.47. The van der Waals surface area contributed by atoms with Gasteiger partial charge in [-0.2, -0.15) is 4.57 Å². The quantitative estimate of drug-likeness (QED) is 0.500. The lowest BCUT2D eigenvalue weighted by Gasteiger charge is -2.14. The summed E-state index contributed by atoms with van der Waals surface area (Å²) >= 11 is 0. The molecule has 1 heteroatoms. The van der Waals surface area contributed by atoms with Gasteiger partial charge >= 0.3 is 0 Å². The van der Waals surface area contributed by atoms with E-state index in [4.69, 9.17) is 1.37 Å². The molecular formula is C25H30N+. The number of hydrogen-bond donors (Lipinski definition) is 0. The van der Waals surface area contributed by atoms with Crippen LogP contribution in [-0.4, -0.2) is 0 Å². The molecule has 4 rings (SSSR count). The molecule has 1 nitrogen and oxygen atoms in total. The Hall–Kier alpha value is -2.15. The van der Waals surface area contributed by atoms with Crippen molar-refractivity contribution in [2.24, 2.45) is 7.05 Å². The maximum absolute atomic E-state index is 8.77. The topological polar surface area (TPSA) is 3.88 Å². The number of aryl methyl sites for hydroxylation is 2. The summed E-state index contributed by atoms with van der Waals surface area (Å²) in [6.07, 6.45) is 6.31. The number of rotatable bonds is 3. The molecule has 2 aromatic carbocycles. The minimum absolute atomic E-state index is 0.667. The maximum Gasteiger partial charge on any atom is 0.220 e. The summed E-state index contributed by atoms with van der Waals surface area (Å²) in [6, 6.07) is 14.4. The smallest absolute Gasteiger partial charge is 0.198 e. The maximum atomic E-state index is 8.77. The average molecular weight is 346 g/mol. The molecular weight excluding hydrogens is 314 g/mol. The van der Waals surface area contributed by atoms with Crippen molar-refractivity contribution in [2.45, 2.75) is 58.8 Å². The van der Waals surface area contributed by atoms with Crippen LogP contribution in [-0.2, 0) is 13.5 Å². The van der Waals surface area contributed by atoms with Gasteiger partial charge in [-0.1, -0.05) is 44.0 Å². The highest BCUT2D eigenvalue weighted by atomic mass is 14.9. The molecule has 0 bridgehead atoms. The van der Waals surface area contributed by atoms with E-state index in [1.165, 1.54) is 59.0 Å². The molecule has 0 saturated heterocycles. The average Bonchev–Trinajstić information content (AvgIpc) is 3.22. The number of benzene rings is 2. The third kappa shape index (κ3) is 2.94. The van der Waals surface area contributed by atoms with E-state index >= 15 is 0 Å². The Morgan fingerprint density at radius 1 is 1.08 bits per heavy atom. The van der Waals surface area contributed by atoms with Crippen molar-refractivity contribution in [2.75, 3.05) is 0 Å². The second kappa shape index (κ2) is 6.87. The molecule has 0 atom stereocenters. The van der Waals surface area contributed by atoms with E-state index in [1.54, 1.807) is 0 Å². The standard InChI is InChI=1S/C25H30N/c1-5-19-11-10-17(2)24(15-19)25-23-13-12-21(20-8-6-7-9-20)16-22(23)14-18(3)26(25)4/h10-16,20H,5-9H2,1-4H3/q+1/i14D. The van der Waals surface area contributed by atoms with Crippen molar-refractivity contribution in [3.8, 4) is 11.3 Å².